The molecule has 1 aromatic carbocycles. The molecule has 1 atom stereocenters. The number of carbonyl (C=O) groups is 1. The van der Waals surface area contributed by atoms with Crippen LogP contribution in [0.2, 0.25) is 5.02 Å². The van der Waals surface area contributed by atoms with Crippen LogP contribution < -0.4 is 5.32 Å². The van der Waals surface area contributed by atoms with Crippen molar-refractivity contribution in [3.8, 4) is 0 Å². The molecule has 2 heterocycles. The maximum absolute atomic E-state index is 12.1. The first-order valence-electron chi connectivity index (χ1n) is 7.10. The third-order valence-corrected chi connectivity index (χ3v) is 4.28. The standard InChI is InChI=1S/C15H19ClN2O2/c16-13-4-1-3-12(9-13)10-18-11-15(20-14(18)19)5-2-7-17-8-6-15/h1,3-4,9,17H,2,5-8,10-11H2. The molecule has 2 aliphatic rings. The lowest BCUT2D eigenvalue weighted by Crippen LogP contribution is -2.35. The van der Waals surface area contributed by atoms with Crippen molar-refractivity contribution in [1.29, 1.82) is 0 Å². The second kappa shape index (κ2) is 5.62. The molecule has 5 heteroatoms. The molecule has 0 saturated carbocycles. The van der Waals surface area contributed by atoms with Crippen LogP contribution in [0.15, 0.2) is 24.3 Å². The molecule has 2 fully saturated rings. The molecule has 0 aliphatic carbocycles. The maximum Gasteiger partial charge on any atom is 0.410 e. The van der Waals surface area contributed by atoms with Gasteiger partial charge in [-0.1, -0.05) is 23.7 Å². The second-order valence-electron chi connectivity index (χ2n) is 5.64. The highest BCUT2D eigenvalue weighted by molar-refractivity contribution is 6.30. The number of nitrogens with zero attached hydrogens (tertiary/aromatic N) is 1. The van der Waals surface area contributed by atoms with Crippen LogP contribution in [0.25, 0.3) is 0 Å². The Morgan fingerprint density at radius 3 is 3.10 bits per heavy atom. The fourth-order valence-electron chi connectivity index (χ4n) is 3.03. The smallest absolute Gasteiger partial charge is 0.410 e. The Morgan fingerprint density at radius 1 is 1.35 bits per heavy atom. The quantitative estimate of drug-likeness (QED) is 0.912. The summed E-state index contributed by atoms with van der Waals surface area (Å²) in [6, 6.07) is 7.63. The van der Waals surface area contributed by atoms with Crippen molar-refractivity contribution in [2.24, 2.45) is 0 Å². The summed E-state index contributed by atoms with van der Waals surface area (Å²) in [6.45, 7) is 3.17. The van der Waals surface area contributed by atoms with Gasteiger partial charge < -0.3 is 10.1 Å². The van der Waals surface area contributed by atoms with E-state index in [9.17, 15) is 4.79 Å². The molecule has 20 heavy (non-hydrogen) atoms. The van der Waals surface area contributed by atoms with Gasteiger partial charge in [0.05, 0.1) is 6.54 Å². The van der Waals surface area contributed by atoms with Crippen molar-refractivity contribution < 1.29 is 9.53 Å². The third kappa shape index (κ3) is 2.91. The molecular formula is C15H19ClN2O2. The zero-order valence-corrected chi connectivity index (χ0v) is 12.2. The number of benzene rings is 1. The number of hydrogen-bond donors (Lipinski definition) is 1. The van der Waals surface area contributed by atoms with Crippen LogP contribution >= 0.6 is 11.6 Å². The average molecular weight is 295 g/mol. The molecule has 4 nitrogen and oxygen atoms in total. The predicted octanol–water partition coefficient (Wildman–Crippen LogP) is 2.80. The van der Waals surface area contributed by atoms with Crippen LogP contribution in [0, 0.1) is 0 Å². The van der Waals surface area contributed by atoms with E-state index in [1.807, 2.05) is 24.3 Å². The Hall–Kier alpha value is -1.26. The maximum atomic E-state index is 12.1. The highest BCUT2D eigenvalue weighted by atomic mass is 35.5. The van der Waals surface area contributed by atoms with Gasteiger partial charge in [-0.2, -0.15) is 0 Å². The van der Waals surface area contributed by atoms with E-state index in [0.29, 0.717) is 18.1 Å². The highest BCUT2D eigenvalue weighted by Crippen LogP contribution is 2.32. The van der Waals surface area contributed by atoms with Gasteiger partial charge in [0.1, 0.15) is 5.60 Å². The summed E-state index contributed by atoms with van der Waals surface area (Å²) >= 11 is 5.99. The minimum Gasteiger partial charge on any atom is -0.441 e. The van der Waals surface area contributed by atoms with Crippen molar-refractivity contribution >= 4 is 17.7 Å². The predicted molar refractivity (Wildman–Crippen MR) is 77.8 cm³/mol. The largest absolute Gasteiger partial charge is 0.441 e. The van der Waals surface area contributed by atoms with Crippen molar-refractivity contribution in [1.82, 2.24) is 10.2 Å². The molecule has 0 radical (unpaired) electrons. The summed E-state index contributed by atoms with van der Waals surface area (Å²) in [5, 5.41) is 4.06. The van der Waals surface area contributed by atoms with Gasteiger partial charge in [-0.25, -0.2) is 4.79 Å². The van der Waals surface area contributed by atoms with Gasteiger partial charge in [0, 0.05) is 18.0 Å². The normalized spacial score (nSPS) is 26.6. The molecule has 1 aromatic rings. The SMILES string of the molecule is O=C1OC2(CCCNCC2)CN1Cc1cccc(Cl)c1. The lowest BCUT2D eigenvalue weighted by Gasteiger charge is -2.24. The van der Waals surface area contributed by atoms with E-state index >= 15 is 0 Å². The molecule has 1 amide bonds. The van der Waals surface area contributed by atoms with Gasteiger partial charge in [-0.15, -0.1) is 0 Å². The minimum atomic E-state index is -0.293. The van der Waals surface area contributed by atoms with E-state index in [0.717, 1.165) is 37.9 Å². The molecule has 1 unspecified atom stereocenters. The van der Waals surface area contributed by atoms with E-state index in [2.05, 4.69) is 5.32 Å². The van der Waals surface area contributed by atoms with Crippen molar-refractivity contribution in [2.75, 3.05) is 19.6 Å². The minimum absolute atomic E-state index is 0.202. The molecule has 0 aromatic heterocycles. The summed E-state index contributed by atoms with van der Waals surface area (Å²) in [6.07, 6.45) is 2.69. The number of nitrogens with one attached hydrogen (secondary N) is 1. The van der Waals surface area contributed by atoms with Crippen LogP contribution in [0.3, 0.4) is 0 Å². The average Bonchev–Trinajstić information content (AvgIpc) is 2.59. The van der Waals surface area contributed by atoms with Crippen LogP contribution in [-0.4, -0.2) is 36.2 Å². The number of ether oxygens (including phenoxy) is 1. The molecule has 2 saturated heterocycles. The number of carbonyl (C=O) groups excluding carboxylic acids is 1. The van der Waals surface area contributed by atoms with E-state index < -0.39 is 0 Å². The van der Waals surface area contributed by atoms with Gasteiger partial charge in [-0.05, 0) is 43.6 Å². The Kier molecular flexibility index (Phi) is 3.85. The van der Waals surface area contributed by atoms with Gasteiger partial charge in [-0.3, -0.25) is 4.90 Å². The first kappa shape index (κ1) is 13.7. The van der Waals surface area contributed by atoms with E-state index in [-0.39, 0.29) is 11.7 Å². The molecule has 1 N–H and O–H groups in total. The Morgan fingerprint density at radius 2 is 2.25 bits per heavy atom. The molecule has 108 valence electrons. The number of amides is 1. The third-order valence-electron chi connectivity index (χ3n) is 4.05. The molecule has 1 spiro atoms. The molecular weight excluding hydrogens is 276 g/mol. The Balaban J connectivity index is 1.70. The zero-order valence-electron chi connectivity index (χ0n) is 11.4. The molecule has 3 rings (SSSR count). The first-order chi connectivity index (χ1) is 9.67. The number of hydrogen-bond acceptors (Lipinski definition) is 3. The fraction of sp³-hybridized carbons (Fsp3) is 0.533. The van der Waals surface area contributed by atoms with Gasteiger partial charge >= 0.3 is 6.09 Å². The summed E-state index contributed by atoms with van der Waals surface area (Å²) in [4.78, 5) is 13.9. The molecule has 0 bridgehead atoms. The highest BCUT2D eigenvalue weighted by Gasteiger charge is 2.44. The van der Waals surface area contributed by atoms with Gasteiger partial charge in [0.15, 0.2) is 0 Å². The summed E-state index contributed by atoms with van der Waals surface area (Å²) < 4.78 is 5.70. The van der Waals surface area contributed by atoms with Crippen molar-refractivity contribution in [3.63, 3.8) is 0 Å². The summed E-state index contributed by atoms with van der Waals surface area (Å²) in [5.74, 6) is 0. The summed E-state index contributed by atoms with van der Waals surface area (Å²) in [7, 11) is 0. The monoisotopic (exact) mass is 294 g/mol. The number of halogens is 1. The van der Waals surface area contributed by atoms with Gasteiger partial charge in [0.25, 0.3) is 0 Å². The molecule has 2 aliphatic heterocycles. The van der Waals surface area contributed by atoms with Crippen LogP contribution in [-0.2, 0) is 11.3 Å². The Bertz CT molecular complexity index is 498. The lowest BCUT2D eigenvalue weighted by atomic mass is 9.95. The van der Waals surface area contributed by atoms with E-state index in [4.69, 9.17) is 16.3 Å². The topological polar surface area (TPSA) is 41.6 Å². The van der Waals surface area contributed by atoms with Gasteiger partial charge in [0.2, 0.25) is 0 Å². The van der Waals surface area contributed by atoms with Crippen molar-refractivity contribution in [2.45, 2.75) is 31.4 Å². The van der Waals surface area contributed by atoms with Crippen LogP contribution in [0.5, 0.6) is 0 Å². The first-order valence-corrected chi connectivity index (χ1v) is 7.48. The van der Waals surface area contributed by atoms with E-state index in [1.54, 1.807) is 4.90 Å². The fourth-order valence-corrected chi connectivity index (χ4v) is 3.25. The van der Waals surface area contributed by atoms with Crippen molar-refractivity contribution in [3.05, 3.63) is 34.9 Å². The lowest BCUT2D eigenvalue weighted by molar-refractivity contribution is 0.0469. The number of rotatable bonds is 2. The zero-order chi connectivity index (χ0) is 14.0. The summed E-state index contributed by atoms with van der Waals surface area (Å²) in [5.41, 5.74) is 0.748. The van der Waals surface area contributed by atoms with E-state index in [1.165, 1.54) is 0 Å². The van der Waals surface area contributed by atoms with Crippen LogP contribution in [0.1, 0.15) is 24.8 Å². The van der Waals surface area contributed by atoms with Crippen LogP contribution in [0.4, 0.5) is 4.79 Å². The second-order valence-corrected chi connectivity index (χ2v) is 6.08. The Labute approximate surface area is 124 Å².